The van der Waals surface area contributed by atoms with Gasteiger partial charge in [0.05, 0.1) is 7.11 Å². The second kappa shape index (κ2) is 7.19. The lowest BCUT2D eigenvalue weighted by Crippen LogP contribution is -2.28. The van der Waals surface area contributed by atoms with Crippen LogP contribution in [0, 0.1) is 5.92 Å². The molecule has 4 nitrogen and oxygen atoms in total. The zero-order valence-corrected chi connectivity index (χ0v) is 11.2. The molecule has 0 unspecified atom stereocenters. The van der Waals surface area contributed by atoms with Gasteiger partial charge in [-0.15, -0.1) is 0 Å². The van der Waals surface area contributed by atoms with Gasteiger partial charge in [0.1, 0.15) is 0 Å². The third-order valence-corrected chi connectivity index (χ3v) is 3.36. The molecule has 0 radical (unpaired) electrons. The molecular formula is C14H22O4. The van der Waals surface area contributed by atoms with Crippen LogP contribution in [-0.4, -0.2) is 25.2 Å². The van der Waals surface area contributed by atoms with E-state index in [-0.39, 0.29) is 5.92 Å². The molecule has 18 heavy (non-hydrogen) atoms. The second-order valence-corrected chi connectivity index (χ2v) is 4.68. The van der Waals surface area contributed by atoms with Crippen LogP contribution in [-0.2, 0) is 19.1 Å². The standard InChI is InChI=1S/C14H22O4/c1-4-5-6-7-8-9-11-10(2)13(15)18-12(11)14(16)17-3/h11-12H,2,4-9H2,1,3H3/t11-,12-/m1/s1. The molecular weight excluding hydrogens is 232 g/mol. The monoisotopic (exact) mass is 254 g/mol. The van der Waals surface area contributed by atoms with Crippen molar-refractivity contribution < 1.29 is 19.1 Å². The van der Waals surface area contributed by atoms with Gasteiger partial charge in [-0.1, -0.05) is 45.6 Å². The largest absolute Gasteiger partial charge is 0.466 e. The van der Waals surface area contributed by atoms with Crippen LogP contribution in [0.1, 0.15) is 45.4 Å². The Morgan fingerprint density at radius 3 is 2.61 bits per heavy atom. The third-order valence-electron chi connectivity index (χ3n) is 3.36. The van der Waals surface area contributed by atoms with E-state index in [0.717, 1.165) is 19.3 Å². The van der Waals surface area contributed by atoms with Crippen molar-refractivity contribution in [1.29, 1.82) is 0 Å². The highest BCUT2D eigenvalue weighted by atomic mass is 16.6. The molecule has 0 aromatic heterocycles. The Hall–Kier alpha value is -1.32. The van der Waals surface area contributed by atoms with Gasteiger partial charge in [-0.2, -0.15) is 0 Å². The Bertz CT molecular complexity index is 322. The molecule has 0 aliphatic carbocycles. The summed E-state index contributed by atoms with van der Waals surface area (Å²) in [5, 5.41) is 0. The first-order valence-corrected chi connectivity index (χ1v) is 6.59. The maximum absolute atomic E-state index is 11.5. The number of methoxy groups -OCH3 is 1. The fourth-order valence-corrected chi connectivity index (χ4v) is 2.23. The summed E-state index contributed by atoms with van der Waals surface area (Å²) in [6.45, 7) is 5.88. The van der Waals surface area contributed by atoms with Crippen LogP contribution in [0.4, 0.5) is 0 Å². The summed E-state index contributed by atoms with van der Waals surface area (Å²) in [4.78, 5) is 22.9. The van der Waals surface area contributed by atoms with E-state index in [1.807, 2.05) is 0 Å². The summed E-state index contributed by atoms with van der Waals surface area (Å²) >= 11 is 0. The average molecular weight is 254 g/mol. The summed E-state index contributed by atoms with van der Waals surface area (Å²) in [5.41, 5.74) is 0.404. The highest BCUT2D eigenvalue weighted by Crippen LogP contribution is 2.31. The summed E-state index contributed by atoms with van der Waals surface area (Å²) < 4.78 is 9.65. The second-order valence-electron chi connectivity index (χ2n) is 4.68. The molecule has 1 aliphatic heterocycles. The van der Waals surface area contributed by atoms with Crippen LogP contribution in [0.15, 0.2) is 12.2 Å². The summed E-state index contributed by atoms with van der Waals surface area (Å²) in [5.74, 6) is -1.17. The Labute approximate surface area is 108 Å². The number of cyclic esters (lactones) is 1. The Morgan fingerprint density at radius 1 is 1.33 bits per heavy atom. The SMILES string of the molecule is C=C1C(=O)O[C@@H](C(=O)OC)[C@@H]1CCCCCCC. The quantitative estimate of drug-likeness (QED) is 0.398. The zero-order valence-electron chi connectivity index (χ0n) is 11.2. The maximum Gasteiger partial charge on any atom is 0.347 e. The molecule has 0 amide bonds. The molecule has 102 valence electrons. The molecule has 0 spiro atoms. The summed E-state index contributed by atoms with van der Waals surface area (Å²) in [7, 11) is 1.30. The smallest absolute Gasteiger partial charge is 0.347 e. The van der Waals surface area contributed by atoms with E-state index in [1.165, 1.54) is 26.4 Å². The Kier molecular flexibility index (Phi) is 5.89. The van der Waals surface area contributed by atoms with Crippen LogP contribution in [0.2, 0.25) is 0 Å². The highest BCUT2D eigenvalue weighted by molar-refractivity contribution is 5.95. The first kappa shape index (κ1) is 14.7. The summed E-state index contributed by atoms with van der Waals surface area (Å²) in [6.07, 6.45) is 5.67. The van der Waals surface area contributed by atoms with Crippen LogP contribution < -0.4 is 0 Å². The van der Waals surface area contributed by atoms with Crippen molar-refractivity contribution in [2.24, 2.45) is 5.92 Å². The minimum atomic E-state index is -0.791. The molecule has 0 aromatic rings. The van der Waals surface area contributed by atoms with Crippen LogP contribution in [0.3, 0.4) is 0 Å². The van der Waals surface area contributed by atoms with Gasteiger partial charge in [-0.05, 0) is 6.42 Å². The number of carbonyl (C=O) groups excluding carboxylic acids is 2. The van der Waals surface area contributed by atoms with Gasteiger partial charge in [0.2, 0.25) is 6.10 Å². The zero-order chi connectivity index (χ0) is 13.5. The lowest BCUT2D eigenvalue weighted by molar-refractivity contribution is -0.160. The first-order valence-electron chi connectivity index (χ1n) is 6.59. The Morgan fingerprint density at radius 2 is 2.00 bits per heavy atom. The molecule has 1 fully saturated rings. The van der Waals surface area contributed by atoms with E-state index >= 15 is 0 Å². The molecule has 2 atom stereocenters. The number of esters is 2. The van der Waals surface area contributed by atoms with Crippen molar-refractivity contribution in [1.82, 2.24) is 0 Å². The lowest BCUT2D eigenvalue weighted by Gasteiger charge is -2.15. The van der Waals surface area contributed by atoms with Gasteiger partial charge >= 0.3 is 11.9 Å². The molecule has 1 heterocycles. The first-order chi connectivity index (χ1) is 8.61. The van der Waals surface area contributed by atoms with Gasteiger partial charge < -0.3 is 9.47 Å². The normalized spacial score (nSPS) is 23.0. The van der Waals surface area contributed by atoms with E-state index < -0.39 is 18.0 Å². The molecule has 4 heteroatoms. The predicted octanol–water partition coefficient (Wildman–Crippen LogP) is 2.62. The maximum atomic E-state index is 11.5. The van der Waals surface area contributed by atoms with Gasteiger partial charge in [0.15, 0.2) is 0 Å². The van der Waals surface area contributed by atoms with Crippen molar-refractivity contribution in [3.8, 4) is 0 Å². The fraction of sp³-hybridized carbons (Fsp3) is 0.714. The van der Waals surface area contributed by atoms with Gasteiger partial charge in [0.25, 0.3) is 0 Å². The molecule has 0 aromatic carbocycles. The van der Waals surface area contributed by atoms with Crippen LogP contribution >= 0.6 is 0 Å². The fourth-order valence-electron chi connectivity index (χ4n) is 2.23. The predicted molar refractivity (Wildman–Crippen MR) is 67.9 cm³/mol. The molecule has 1 rings (SSSR count). The molecule has 0 N–H and O–H groups in total. The molecule has 1 saturated heterocycles. The van der Waals surface area contributed by atoms with Crippen LogP contribution in [0.25, 0.3) is 0 Å². The van der Waals surface area contributed by atoms with Gasteiger partial charge in [-0.25, -0.2) is 9.59 Å². The number of rotatable bonds is 7. The van der Waals surface area contributed by atoms with Gasteiger partial charge in [-0.3, -0.25) is 0 Å². The van der Waals surface area contributed by atoms with E-state index in [2.05, 4.69) is 18.2 Å². The van der Waals surface area contributed by atoms with E-state index in [0.29, 0.717) is 5.57 Å². The minimum absolute atomic E-state index is 0.216. The van der Waals surface area contributed by atoms with Crippen molar-refractivity contribution >= 4 is 11.9 Å². The van der Waals surface area contributed by atoms with Gasteiger partial charge in [0, 0.05) is 11.5 Å². The average Bonchev–Trinajstić information content (AvgIpc) is 2.65. The highest BCUT2D eigenvalue weighted by Gasteiger charge is 2.43. The Balaban J connectivity index is 2.46. The lowest BCUT2D eigenvalue weighted by atomic mass is 9.91. The van der Waals surface area contributed by atoms with E-state index in [9.17, 15) is 9.59 Å². The third kappa shape index (κ3) is 3.59. The van der Waals surface area contributed by atoms with E-state index in [4.69, 9.17) is 4.74 Å². The van der Waals surface area contributed by atoms with E-state index in [1.54, 1.807) is 0 Å². The number of carbonyl (C=O) groups is 2. The minimum Gasteiger partial charge on any atom is -0.466 e. The van der Waals surface area contributed by atoms with Crippen molar-refractivity contribution in [2.75, 3.05) is 7.11 Å². The van der Waals surface area contributed by atoms with Crippen molar-refractivity contribution in [3.05, 3.63) is 12.2 Å². The van der Waals surface area contributed by atoms with Crippen molar-refractivity contribution in [2.45, 2.75) is 51.6 Å². The number of hydrogen-bond acceptors (Lipinski definition) is 4. The molecule has 0 bridgehead atoms. The van der Waals surface area contributed by atoms with Crippen LogP contribution in [0.5, 0.6) is 0 Å². The summed E-state index contributed by atoms with van der Waals surface area (Å²) in [6, 6.07) is 0. The topological polar surface area (TPSA) is 52.6 Å². The number of ether oxygens (including phenoxy) is 2. The number of hydrogen-bond donors (Lipinski definition) is 0. The van der Waals surface area contributed by atoms with Crippen molar-refractivity contribution in [3.63, 3.8) is 0 Å². The number of unbranched alkanes of at least 4 members (excludes halogenated alkanes) is 4. The molecule has 0 saturated carbocycles. The molecule has 1 aliphatic rings.